The first-order valence-corrected chi connectivity index (χ1v) is 5.19. The molecule has 0 saturated heterocycles. The van der Waals surface area contributed by atoms with Gasteiger partial charge in [-0.3, -0.25) is 0 Å². The van der Waals surface area contributed by atoms with Gasteiger partial charge >= 0.3 is 0 Å². The van der Waals surface area contributed by atoms with Crippen molar-refractivity contribution in [1.82, 2.24) is 0 Å². The third kappa shape index (κ3) is 0.608. The highest BCUT2D eigenvalue weighted by molar-refractivity contribution is 5.46. The minimum atomic E-state index is 0.909. The largest absolute Gasteiger partial charge is 0.0878 e. The van der Waals surface area contributed by atoms with Crippen LogP contribution in [0.25, 0.3) is 0 Å². The molecule has 0 N–H and O–H groups in total. The Balaban J connectivity index is 2.03. The topological polar surface area (TPSA) is 0 Å². The molecule has 3 rings (SSSR count). The molecule has 2 bridgehead atoms. The molecule has 0 aromatic heterocycles. The third-order valence-corrected chi connectivity index (χ3v) is 4.11. The lowest BCUT2D eigenvalue weighted by atomic mass is 9.70. The van der Waals surface area contributed by atoms with Crippen LogP contribution in [0.15, 0.2) is 22.8 Å². The van der Waals surface area contributed by atoms with Crippen molar-refractivity contribution in [2.24, 2.45) is 17.8 Å². The minimum Gasteiger partial charge on any atom is -0.0878 e. The zero-order valence-corrected chi connectivity index (χ0v) is 7.93. The van der Waals surface area contributed by atoms with E-state index in [1.807, 2.05) is 11.1 Å². The number of rotatable bonds is 0. The first kappa shape index (κ1) is 6.94. The van der Waals surface area contributed by atoms with E-state index in [1.54, 1.807) is 5.57 Å². The van der Waals surface area contributed by atoms with E-state index in [1.165, 1.54) is 19.3 Å². The molecule has 3 unspecified atom stereocenters. The molecule has 0 spiro atoms. The van der Waals surface area contributed by atoms with Gasteiger partial charge in [-0.1, -0.05) is 29.7 Å². The van der Waals surface area contributed by atoms with Crippen molar-refractivity contribution in [2.45, 2.75) is 33.1 Å². The van der Waals surface area contributed by atoms with Gasteiger partial charge in [-0.05, 0) is 38.0 Å². The fraction of sp³-hybridized carbons (Fsp3) is 0.667. The highest BCUT2D eigenvalue weighted by Gasteiger charge is 2.47. The molecule has 1 saturated carbocycles. The Bertz CT molecular complexity index is 293. The van der Waals surface area contributed by atoms with E-state index < -0.39 is 0 Å². The molecule has 3 aliphatic rings. The van der Waals surface area contributed by atoms with Gasteiger partial charge in [0.1, 0.15) is 0 Å². The Labute approximate surface area is 74.4 Å². The van der Waals surface area contributed by atoms with E-state index in [4.69, 9.17) is 0 Å². The van der Waals surface area contributed by atoms with E-state index in [0.717, 1.165) is 17.8 Å². The van der Waals surface area contributed by atoms with E-state index in [2.05, 4.69) is 19.9 Å². The summed E-state index contributed by atoms with van der Waals surface area (Å²) in [5.74, 6) is 2.82. The van der Waals surface area contributed by atoms with E-state index in [0.29, 0.717) is 0 Å². The molecule has 64 valence electrons. The molecule has 3 aliphatic carbocycles. The summed E-state index contributed by atoms with van der Waals surface area (Å²) in [5.41, 5.74) is 5.45. The molecule has 0 amide bonds. The van der Waals surface area contributed by atoms with Gasteiger partial charge in [0.25, 0.3) is 0 Å². The SMILES string of the molecule is CC=C1CC2CC1C1=C2C(C)C1. The van der Waals surface area contributed by atoms with Crippen LogP contribution in [0.5, 0.6) is 0 Å². The fourth-order valence-corrected chi connectivity index (χ4v) is 3.62. The second-order valence-electron chi connectivity index (χ2n) is 4.64. The van der Waals surface area contributed by atoms with Crippen LogP contribution >= 0.6 is 0 Å². The standard InChI is InChI=1S/C12H16/c1-3-8-5-9-6-10(8)11-4-7(2)12(9)11/h3,7,9-10H,4-6H2,1-2H3. The van der Waals surface area contributed by atoms with Crippen LogP contribution in [0, 0.1) is 17.8 Å². The molecule has 0 aromatic carbocycles. The van der Waals surface area contributed by atoms with Gasteiger partial charge in [0.15, 0.2) is 0 Å². The monoisotopic (exact) mass is 160 g/mol. The van der Waals surface area contributed by atoms with Crippen LogP contribution in [0.1, 0.15) is 33.1 Å². The van der Waals surface area contributed by atoms with Gasteiger partial charge in [0.05, 0.1) is 0 Å². The fourth-order valence-electron chi connectivity index (χ4n) is 3.62. The molecule has 0 radical (unpaired) electrons. The van der Waals surface area contributed by atoms with Crippen molar-refractivity contribution in [3.63, 3.8) is 0 Å². The molecular formula is C12H16. The summed E-state index contributed by atoms with van der Waals surface area (Å²) in [6, 6.07) is 0. The second kappa shape index (κ2) is 2.04. The van der Waals surface area contributed by atoms with Crippen molar-refractivity contribution in [3.8, 4) is 0 Å². The van der Waals surface area contributed by atoms with Crippen molar-refractivity contribution >= 4 is 0 Å². The molecule has 3 atom stereocenters. The molecule has 0 aliphatic heterocycles. The van der Waals surface area contributed by atoms with Crippen LogP contribution in [0.4, 0.5) is 0 Å². The Hall–Kier alpha value is -0.520. The quantitative estimate of drug-likeness (QED) is 0.477. The molecule has 0 nitrogen and oxygen atoms in total. The number of hydrogen-bond acceptors (Lipinski definition) is 0. The summed E-state index contributed by atoms with van der Waals surface area (Å²) >= 11 is 0. The van der Waals surface area contributed by atoms with Gasteiger partial charge in [-0.2, -0.15) is 0 Å². The summed E-state index contributed by atoms with van der Waals surface area (Å²) in [4.78, 5) is 0. The lowest BCUT2D eigenvalue weighted by molar-refractivity contribution is 0.495. The predicted molar refractivity (Wildman–Crippen MR) is 50.8 cm³/mol. The summed E-state index contributed by atoms with van der Waals surface area (Å²) in [5, 5.41) is 0. The maximum atomic E-state index is 2.40. The normalized spacial score (nSPS) is 46.8. The zero-order valence-electron chi connectivity index (χ0n) is 7.93. The van der Waals surface area contributed by atoms with Gasteiger partial charge in [0, 0.05) is 5.92 Å². The highest BCUT2D eigenvalue weighted by atomic mass is 14.5. The number of fused-ring (bicyclic) bond motifs is 4. The molecule has 0 aromatic rings. The molecule has 1 fully saturated rings. The Morgan fingerprint density at radius 3 is 2.75 bits per heavy atom. The van der Waals surface area contributed by atoms with Gasteiger partial charge in [-0.15, -0.1) is 0 Å². The summed E-state index contributed by atoms with van der Waals surface area (Å²) in [6.45, 7) is 4.60. The van der Waals surface area contributed by atoms with Crippen molar-refractivity contribution in [1.29, 1.82) is 0 Å². The van der Waals surface area contributed by atoms with E-state index >= 15 is 0 Å². The lowest BCUT2D eigenvalue weighted by Crippen LogP contribution is -2.22. The van der Waals surface area contributed by atoms with Crippen molar-refractivity contribution < 1.29 is 0 Å². The first-order valence-electron chi connectivity index (χ1n) is 5.19. The van der Waals surface area contributed by atoms with Crippen LogP contribution in [-0.2, 0) is 0 Å². The van der Waals surface area contributed by atoms with Crippen LogP contribution in [0.3, 0.4) is 0 Å². The van der Waals surface area contributed by atoms with E-state index in [-0.39, 0.29) is 0 Å². The molecule has 12 heavy (non-hydrogen) atoms. The van der Waals surface area contributed by atoms with Crippen LogP contribution in [-0.4, -0.2) is 0 Å². The Morgan fingerprint density at radius 2 is 2.17 bits per heavy atom. The minimum absolute atomic E-state index is 0.909. The second-order valence-corrected chi connectivity index (χ2v) is 4.64. The molecule has 0 heterocycles. The zero-order chi connectivity index (χ0) is 8.29. The average molecular weight is 160 g/mol. The number of hydrogen-bond donors (Lipinski definition) is 0. The van der Waals surface area contributed by atoms with E-state index in [9.17, 15) is 0 Å². The average Bonchev–Trinajstić information content (AvgIpc) is 2.54. The Kier molecular flexibility index (Phi) is 1.18. The van der Waals surface area contributed by atoms with Gasteiger partial charge in [0.2, 0.25) is 0 Å². The maximum absolute atomic E-state index is 2.40. The van der Waals surface area contributed by atoms with Crippen LogP contribution in [0.2, 0.25) is 0 Å². The summed E-state index contributed by atoms with van der Waals surface area (Å²) in [7, 11) is 0. The predicted octanol–water partition coefficient (Wildman–Crippen LogP) is 3.31. The smallest absolute Gasteiger partial charge is 0.00160 e. The summed E-state index contributed by atoms with van der Waals surface area (Å²) < 4.78 is 0. The first-order chi connectivity index (χ1) is 5.81. The Morgan fingerprint density at radius 1 is 1.33 bits per heavy atom. The maximum Gasteiger partial charge on any atom is 0.00160 e. The number of allylic oxidation sites excluding steroid dienone is 4. The van der Waals surface area contributed by atoms with Gasteiger partial charge in [-0.25, -0.2) is 0 Å². The third-order valence-electron chi connectivity index (χ3n) is 4.11. The van der Waals surface area contributed by atoms with Crippen molar-refractivity contribution in [3.05, 3.63) is 22.8 Å². The summed E-state index contributed by atoms with van der Waals surface area (Å²) in [6.07, 6.45) is 6.63. The van der Waals surface area contributed by atoms with Crippen LogP contribution < -0.4 is 0 Å². The highest BCUT2D eigenvalue weighted by Crippen LogP contribution is 2.60. The lowest BCUT2D eigenvalue weighted by Gasteiger charge is -2.35. The molecular weight excluding hydrogens is 144 g/mol. The van der Waals surface area contributed by atoms with Crippen molar-refractivity contribution in [2.75, 3.05) is 0 Å². The molecule has 0 heteroatoms. The van der Waals surface area contributed by atoms with Gasteiger partial charge < -0.3 is 0 Å².